The molecule has 1 amide bonds. The predicted octanol–water partition coefficient (Wildman–Crippen LogP) is 2.01. The molecule has 0 aliphatic rings. The van der Waals surface area contributed by atoms with Crippen molar-refractivity contribution in [3.63, 3.8) is 0 Å². The van der Waals surface area contributed by atoms with E-state index in [0.717, 1.165) is 6.42 Å². The Balaban J connectivity index is 2.55. The van der Waals surface area contributed by atoms with Crippen molar-refractivity contribution in [3.05, 3.63) is 23.9 Å². The fourth-order valence-corrected chi connectivity index (χ4v) is 2.39. The molecule has 146 valence electrons. The quantitative estimate of drug-likeness (QED) is 0.504. The monoisotopic (exact) mass is 377 g/mol. The summed E-state index contributed by atoms with van der Waals surface area (Å²) in [6.45, 7) is 2.44. The van der Waals surface area contributed by atoms with Gasteiger partial charge < -0.3 is 18.9 Å². The zero-order valence-electron chi connectivity index (χ0n) is 15.7. The Bertz CT molecular complexity index is 772. The molecule has 2 rings (SSSR count). The first-order chi connectivity index (χ1) is 13.1. The number of ether oxygens (including phenoxy) is 4. The fraction of sp³-hybridized carbons (Fsp3) is 0.389. The van der Waals surface area contributed by atoms with Crippen molar-refractivity contribution in [1.82, 2.24) is 15.4 Å². The third kappa shape index (κ3) is 4.98. The Labute approximate surface area is 157 Å². The number of aromatic nitrogens is 2. The van der Waals surface area contributed by atoms with Gasteiger partial charge >= 0.3 is 0 Å². The van der Waals surface area contributed by atoms with Gasteiger partial charge in [0.05, 0.1) is 40.1 Å². The second-order valence-corrected chi connectivity index (χ2v) is 5.50. The SMILES string of the molecule is CCCOc1cc(CC(=O)NO)nc(-c2cc(OC)c(OC)c(OC)c2)n1. The minimum Gasteiger partial charge on any atom is -0.493 e. The molecule has 0 spiro atoms. The van der Waals surface area contributed by atoms with Crippen molar-refractivity contribution in [2.75, 3.05) is 27.9 Å². The van der Waals surface area contributed by atoms with Crippen LogP contribution in [-0.4, -0.2) is 49.0 Å². The molecule has 0 aliphatic heterocycles. The highest BCUT2D eigenvalue weighted by molar-refractivity contribution is 5.77. The molecule has 0 fully saturated rings. The van der Waals surface area contributed by atoms with E-state index >= 15 is 0 Å². The van der Waals surface area contributed by atoms with Crippen molar-refractivity contribution in [2.45, 2.75) is 19.8 Å². The molecule has 1 aromatic heterocycles. The molecule has 0 saturated carbocycles. The van der Waals surface area contributed by atoms with Crippen molar-refractivity contribution in [2.24, 2.45) is 0 Å². The molecule has 2 N–H and O–H groups in total. The minimum absolute atomic E-state index is 0.126. The van der Waals surface area contributed by atoms with E-state index < -0.39 is 5.91 Å². The first-order valence-electron chi connectivity index (χ1n) is 8.30. The lowest BCUT2D eigenvalue weighted by Gasteiger charge is -2.14. The van der Waals surface area contributed by atoms with Gasteiger partial charge in [-0.25, -0.2) is 10.5 Å². The summed E-state index contributed by atoms with van der Waals surface area (Å²) in [6.07, 6.45) is 0.676. The minimum atomic E-state index is -0.592. The van der Waals surface area contributed by atoms with E-state index in [1.807, 2.05) is 6.92 Å². The normalized spacial score (nSPS) is 10.3. The van der Waals surface area contributed by atoms with Gasteiger partial charge in [-0.05, 0) is 18.6 Å². The van der Waals surface area contributed by atoms with Gasteiger partial charge in [0.25, 0.3) is 0 Å². The summed E-state index contributed by atoms with van der Waals surface area (Å²) in [7, 11) is 4.54. The number of hydrogen-bond acceptors (Lipinski definition) is 8. The van der Waals surface area contributed by atoms with Gasteiger partial charge in [-0.15, -0.1) is 0 Å². The van der Waals surface area contributed by atoms with E-state index in [2.05, 4.69) is 9.97 Å². The van der Waals surface area contributed by atoms with Crippen LogP contribution in [-0.2, 0) is 11.2 Å². The molecule has 2 aromatic rings. The molecular formula is C18H23N3O6. The van der Waals surface area contributed by atoms with Crippen LogP contribution in [0.5, 0.6) is 23.1 Å². The lowest BCUT2D eigenvalue weighted by molar-refractivity contribution is -0.128. The van der Waals surface area contributed by atoms with E-state index in [1.54, 1.807) is 23.7 Å². The number of methoxy groups -OCH3 is 3. The molecule has 0 radical (unpaired) electrons. The van der Waals surface area contributed by atoms with Gasteiger partial charge in [0.1, 0.15) is 0 Å². The van der Waals surface area contributed by atoms with E-state index in [-0.39, 0.29) is 6.42 Å². The molecule has 0 aliphatic carbocycles. The molecule has 9 nitrogen and oxygen atoms in total. The average molecular weight is 377 g/mol. The molecule has 0 atom stereocenters. The van der Waals surface area contributed by atoms with Crippen LogP contribution in [0.4, 0.5) is 0 Å². The summed E-state index contributed by atoms with van der Waals surface area (Å²) >= 11 is 0. The number of hydrogen-bond donors (Lipinski definition) is 2. The standard InChI is InChI=1S/C18H23N3O6/c1-5-6-27-16-10-12(9-15(22)21-23)19-18(20-16)11-7-13(24-2)17(26-4)14(8-11)25-3/h7-8,10,23H,5-6,9H2,1-4H3,(H,21,22). The summed E-state index contributed by atoms with van der Waals surface area (Å²) < 4.78 is 21.6. The van der Waals surface area contributed by atoms with Crippen LogP contribution in [0.1, 0.15) is 19.0 Å². The number of benzene rings is 1. The smallest absolute Gasteiger partial charge is 0.249 e. The Kier molecular flexibility index (Phi) is 7.18. The maximum Gasteiger partial charge on any atom is 0.249 e. The van der Waals surface area contributed by atoms with E-state index in [4.69, 9.17) is 24.2 Å². The molecule has 27 heavy (non-hydrogen) atoms. The predicted molar refractivity (Wildman–Crippen MR) is 96.5 cm³/mol. The third-order valence-corrected chi connectivity index (χ3v) is 3.60. The van der Waals surface area contributed by atoms with Crippen molar-refractivity contribution in [1.29, 1.82) is 0 Å². The highest BCUT2D eigenvalue weighted by Crippen LogP contribution is 2.40. The number of nitrogens with one attached hydrogen (secondary N) is 1. The molecule has 0 saturated heterocycles. The number of carbonyl (C=O) groups excluding carboxylic acids is 1. The summed E-state index contributed by atoms with van der Waals surface area (Å²) in [6, 6.07) is 4.97. The van der Waals surface area contributed by atoms with Crippen LogP contribution in [0.3, 0.4) is 0 Å². The number of nitrogens with zero attached hydrogens (tertiary/aromatic N) is 2. The van der Waals surface area contributed by atoms with Crippen molar-refractivity contribution < 1.29 is 28.9 Å². The molecule has 1 heterocycles. The van der Waals surface area contributed by atoms with E-state index in [0.29, 0.717) is 46.8 Å². The number of carbonyl (C=O) groups is 1. The summed E-state index contributed by atoms with van der Waals surface area (Å²) in [4.78, 5) is 20.3. The number of rotatable bonds is 9. The highest BCUT2D eigenvalue weighted by Gasteiger charge is 2.17. The fourth-order valence-electron chi connectivity index (χ4n) is 2.39. The van der Waals surface area contributed by atoms with Crippen LogP contribution in [0, 0.1) is 0 Å². The largest absolute Gasteiger partial charge is 0.493 e. The number of hydroxylamine groups is 1. The van der Waals surface area contributed by atoms with Gasteiger partial charge in [0, 0.05) is 11.6 Å². The maximum atomic E-state index is 11.5. The number of amides is 1. The van der Waals surface area contributed by atoms with Crippen LogP contribution >= 0.6 is 0 Å². The van der Waals surface area contributed by atoms with Gasteiger partial charge in [-0.1, -0.05) is 6.92 Å². The molecule has 0 unspecified atom stereocenters. The zero-order valence-corrected chi connectivity index (χ0v) is 15.7. The van der Waals surface area contributed by atoms with Crippen LogP contribution in [0.15, 0.2) is 18.2 Å². The van der Waals surface area contributed by atoms with Crippen LogP contribution in [0.25, 0.3) is 11.4 Å². The Morgan fingerprint density at radius 1 is 1.07 bits per heavy atom. The molecule has 1 aromatic carbocycles. The maximum absolute atomic E-state index is 11.5. The van der Waals surface area contributed by atoms with Gasteiger partial charge in [-0.3, -0.25) is 10.0 Å². The average Bonchev–Trinajstić information content (AvgIpc) is 2.70. The lowest BCUT2D eigenvalue weighted by atomic mass is 10.1. The molecule has 9 heteroatoms. The van der Waals surface area contributed by atoms with Gasteiger partial charge in [0.2, 0.25) is 17.5 Å². The van der Waals surface area contributed by atoms with Gasteiger partial charge in [0.15, 0.2) is 17.3 Å². The first-order valence-corrected chi connectivity index (χ1v) is 8.30. The highest BCUT2D eigenvalue weighted by atomic mass is 16.5. The Morgan fingerprint density at radius 3 is 2.26 bits per heavy atom. The second-order valence-electron chi connectivity index (χ2n) is 5.50. The molecule has 0 bridgehead atoms. The van der Waals surface area contributed by atoms with E-state index in [9.17, 15) is 4.79 Å². The summed E-state index contributed by atoms with van der Waals surface area (Å²) in [5.74, 6) is 1.41. The second kappa shape index (κ2) is 9.58. The topological polar surface area (TPSA) is 112 Å². The molecular weight excluding hydrogens is 354 g/mol. The third-order valence-electron chi connectivity index (χ3n) is 3.60. The first kappa shape index (κ1) is 20.2. The summed E-state index contributed by atoms with van der Waals surface area (Å²) in [5.41, 5.74) is 2.58. The summed E-state index contributed by atoms with van der Waals surface area (Å²) in [5, 5.41) is 8.77. The van der Waals surface area contributed by atoms with Gasteiger partial charge in [-0.2, -0.15) is 4.98 Å². The van der Waals surface area contributed by atoms with Crippen molar-refractivity contribution >= 4 is 5.91 Å². The van der Waals surface area contributed by atoms with Crippen molar-refractivity contribution in [3.8, 4) is 34.5 Å². The Morgan fingerprint density at radius 2 is 1.74 bits per heavy atom. The van der Waals surface area contributed by atoms with Crippen LogP contribution < -0.4 is 24.4 Å². The Hall–Kier alpha value is -3.07. The van der Waals surface area contributed by atoms with Crippen LogP contribution in [0.2, 0.25) is 0 Å². The lowest BCUT2D eigenvalue weighted by Crippen LogP contribution is -2.21. The van der Waals surface area contributed by atoms with E-state index in [1.165, 1.54) is 21.3 Å². The zero-order chi connectivity index (χ0) is 19.8.